The van der Waals surface area contributed by atoms with Crippen LogP contribution in [0.15, 0.2) is 17.2 Å². The lowest BCUT2D eigenvalue weighted by atomic mass is 10.2. The van der Waals surface area contributed by atoms with Gasteiger partial charge >= 0.3 is 0 Å². The van der Waals surface area contributed by atoms with E-state index in [-0.39, 0.29) is 23.6 Å². The average Bonchev–Trinajstić information content (AvgIpc) is 3.03. The molecule has 0 spiro atoms. The number of rotatable bonds is 5. The maximum atomic E-state index is 12.6. The summed E-state index contributed by atoms with van der Waals surface area (Å²) in [5.41, 5.74) is 0.607. The highest BCUT2D eigenvalue weighted by atomic mass is 32.2. The van der Waals surface area contributed by atoms with Crippen molar-refractivity contribution < 1.29 is 18.3 Å². The number of nitrogens with zero attached hydrogens (tertiary/aromatic N) is 2. The normalized spacial score (nSPS) is 23.6. The van der Waals surface area contributed by atoms with Gasteiger partial charge in [0.15, 0.2) is 0 Å². The number of likely N-dealkylation sites (N-methyl/N-ethyl adjacent to an activating group) is 1. The fraction of sp³-hybridized carbons (Fsp3) is 0.692. The Morgan fingerprint density at radius 1 is 1.55 bits per heavy atom. The molecule has 1 aromatic heterocycles. The van der Waals surface area contributed by atoms with Gasteiger partial charge in [-0.25, -0.2) is 8.42 Å². The van der Waals surface area contributed by atoms with Crippen molar-refractivity contribution in [3.05, 3.63) is 18.0 Å². The summed E-state index contributed by atoms with van der Waals surface area (Å²) in [6.45, 7) is 4.84. The van der Waals surface area contributed by atoms with E-state index in [1.165, 1.54) is 10.4 Å². The number of aliphatic hydroxyl groups is 1. The molecule has 1 aliphatic rings. The number of sulfonamides is 1. The highest BCUT2D eigenvalue weighted by Gasteiger charge is 2.35. The van der Waals surface area contributed by atoms with Crippen molar-refractivity contribution in [3.63, 3.8) is 0 Å². The van der Waals surface area contributed by atoms with Crippen LogP contribution in [0.2, 0.25) is 0 Å². The van der Waals surface area contributed by atoms with Crippen LogP contribution < -0.4 is 0 Å². The second kappa shape index (κ2) is 5.85. The monoisotopic (exact) mass is 302 g/mol. The fourth-order valence-corrected chi connectivity index (χ4v) is 4.15. The Kier molecular flexibility index (Phi) is 4.53. The van der Waals surface area contributed by atoms with Gasteiger partial charge in [-0.15, -0.1) is 0 Å². The first kappa shape index (κ1) is 15.5. The summed E-state index contributed by atoms with van der Waals surface area (Å²) in [6.07, 6.45) is 2.19. The van der Waals surface area contributed by atoms with Crippen LogP contribution in [-0.2, 0) is 27.9 Å². The topological polar surface area (TPSA) is 71.8 Å². The molecule has 2 rings (SSSR count). The predicted molar refractivity (Wildman–Crippen MR) is 74.8 cm³/mol. The lowest BCUT2D eigenvalue weighted by Gasteiger charge is -2.25. The van der Waals surface area contributed by atoms with Crippen molar-refractivity contribution in [2.24, 2.45) is 0 Å². The third-order valence-electron chi connectivity index (χ3n) is 3.94. The third-order valence-corrected chi connectivity index (χ3v) is 5.79. The van der Waals surface area contributed by atoms with Gasteiger partial charge in [0, 0.05) is 32.1 Å². The van der Waals surface area contributed by atoms with E-state index in [1.54, 1.807) is 17.8 Å². The Balaban J connectivity index is 2.32. The van der Waals surface area contributed by atoms with Crippen LogP contribution in [0.3, 0.4) is 0 Å². The summed E-state index contributed by atoms with van der Waals surface area (Å²) in [7, 11) is -1.97. The Bertz CT molecular complexity index is 545. The minimum Gasteiger partial charge on any atom is -0.390 e. The first-order chi connectivity index (χ1) is 9.41. The minimum atomic E-state index is -3.56. The van der Waals surface area contributed by atoms with E-state index < -0.39 is 10.0 Å². The van der Waals surface area contributed by atoms with Crippen molar-refractivity contribution in [1.29, 1.82) is 0 Å². The van der Waals surface area contributed by atoms with Crippen molar-refractivity contribution in [3.8, 4) is 0 Å². The molecule has 0 amide bonds. The van der Waals surface area contributed by atoms with Gasteiger partial charge in [0.25, 0.3) is 0 Å². The molecular formula is C13H22N2O4S. The smallest absolute Gasteiger partial charge is 0.244 e. The standard InChI is InChI=1S/C13H22N2O4S/c1-4-15-8-12(7-11(15)9-16)20(17,18)14(3)13-5-6-19-10(13)2/h7-8,10,13,16H,4-6,9H2,1-3H3. The molecular weight excluding hydrogens is 280 g/mol. The van der Waals surface area contributed by atoms with Gasteiger partial charge in [-0.2, -0.15) is 4.31 Å². The third kappa shape index (κ3) is 2.63. The van der Waals surface area contributed by atoms with Crippen LogP contribution in [0, 0.1) is 0 Å². The van der Waals surface area contributed by atoms with Crippen molar-refractivity contribution in [1.82, 2.24) is 8.87 Å². The molecule has 7 heteroatoms. The van der Waals surface area contributed by atoms with Gasteiger partial charge < -0.3 is 14.4 Å². The molecule has 0 saturated carbocycles. The molecule has 1 fully saturated rings. The quantitative estimate of drug-likeness (QED) is 0.873. The Morgan fingerprint density at radius 3 is 2.70 bits per heavy atom. The summed E-state index contributed by atoms with van der Waals surface area (Å²) in [5.74, 6) is 0. The molecule has 0 radical (unpaired) electrons. The van der Waals surface area contributed by atoms with Gasteiger partial charge in [-0.05, 0) is 26.3 Å². The minimum absolute atomic E-state index is 0.0969. The Morgan fingerprint density at radius 2 is 2.25 bits per heavy atom. The van der Waals surface area contributed by atoms with E-state index in [4.69, 9.17) is 4.74 Å². The maximum absolute atomic E-state index is 12.6. The van der Waals surface area contributed by atoms with Crippen molar-refractivity contribution >= 4 is 10.0 Å². The number of aliphatic hydroxyl groups excluding tert-OH is 1. The fourth-order valence-electron chi connectivity index (χ4n) is 2.64. The second-order valence-corrected chi connectivity index (χ2v) is 7.06. The molecule has 1 saturated heterocycles. The Hall–Kier alpha value is -0.890. The first-order valence-corrected chi connectivity index (χ1v) is 8.25. The average molecular weight is 302 g/mol. The van der Waals surface area contributed by atoms with E-state index in [2.05, 4.69) is 0 Å². The first-order valence-electron chi connectivity index (χ1n) is 6.81. The summed E-state index contributed by atoms with van der Waals surface area (Å²) in [6, 6.07) is 1.40. The highest BCUT2D eigenvalue weighted by molar-refractivity contribution is 7.89. The summed E-state index contributed by atoms with van der Waals surface area (Å²) >= 11 is 0. The molecule has 0 aromatic carbocycles. The van der Waals surface area contributed by atoms with Crippen LogP contribution >= 0.6 is 0 Å². The van der Waals surface area contributed by atoms with Crippen LogP contribution in [0.5, 0.6) is 0 Å². The number of aryl methyl sites for hydroxylation is 1. The molecule has 1 aliphatic heterocycles. The molecule has 2 heterocycles. The molecule has 114 valence electrons. The zero-order valence-electron chi connectivity index (χ0n) is 12.1. The molecule has 2 atom stereocenters. The van der Waals surface area contributed by atoms with Gasteiger partial charge in [0.2, 0.25) is 10.0 Å². The Labute approximate surface area is 120 Å². The molecule has 2 unspecified atom stereocenters. The molecule has 0 bridgehead atoms. The van der Waals surface area contributed by atoms with Crippen LogP contribution in [0.1, 0.15) is 26.0 Å². The van der Waals surface area contributed by atoms with E-state index in [0.29, 0.717) is 25.3 Å². The van der Waals surface area contributed by atoms with Gasteiger partial charge in [-0.3, -0.25) is 0 Å². The van der Waals surface area contributed by atoms with E-state index in [0.717, 1.165) is 0 Å². The maximum Gasteiger partial charge on any atom is 0.244 e. The van der Waals surface area contributed by atoms with E-state index in [9.17, 15) is 13.5 Å². The zero-order valence-corrected chi connectivity index (χ0v) is 12.9. The lowest BCUT2D eigenvalue weighted by Crippen LogP contribution is -2.40. The van der Waals surface area contributed by atoms with Crippen LogP contribution in [-0.4, -0.2) is 48.2 Å². The largest absolute Gasteiger partial charge is 0.390 e. The van der Waals surface area contributed by atoms with Crippen molar-refractivity contribution in [2.75, 3.05) is 13.7 Å². The molecule has 20 heavy (non-hydrogen) atoms. The highest BCUT2D eigenvalue weighted by Crippen LogP contribution is 2.25. The van der Waals surface area contributed by atoms with Crippen LogP contribution in [0.4, 0.5) is 0 Å². The van der Waals surface area contributed by atoms with E-state index in [1.807, 2.05) is 13.8 Å². The molecule has 6 nitrogen and oxygen atoms in total. The van der Waals surface area contributed by atoms with Gasteiger partial charge in [-0.1, -0.05) is 0 Å². The zero-order chi connectivity index (χ0) is 14.9. The van der Waals surface area contributed by atoms with E-state index >= 15 is 0 Å². The lowest BCUT2D eigenvalue weighted by molar-refractivity contribution is 0.102. The second-order valence-electron chi connectivity index (χ2n) is 5.06. The number of hydrogen-bond acceptors (Lipinski definition) is 4. The van der Waals surface area contributed by atoms with Gasteiger partial charge in [0.05, 0.1) is 18.8 Å². The number of hydrogen-bond donors (Lipinski definition) is 1. The molecule has 0 aliphatic carbocycles. The number of aromatic nitrogens is 1. The summed E-state index contributed by atoms with van der Waals surface area (Å²) < 4.78 is 33.8. The number of ether oxygens (including phenoxy) is 1. The molecule has 1 N–H and O–H groups in total. The molecule has 1 aromatic rings. The van der Waals surface area contributed by atoms with Crippen molar-refractivity contribution in [2.45, 2.75) is 50.5 Å². The van der Waals surface area contributed by atoms with Gasteiger partial charge in [0.1, 0.15) is 4.90 Å². The van der Waals surface area contributed by atoms with Crippen LogP contribution in [0.25, 0.3) is 0 Å². The SMILES string of the molecule is CCn1cc(S(=O)(=O)N(C)C2CCOC2C)cc1CO. The summed E-state index contributed by atoms with van der Waals surface area (Å²) in [5, 5.41) is 9.27. The predicted octanol–water partition coefficient (Wildman–Crippen LogP) is 0.798. The summed E-state index contributed by atoms with van der Waals surface area (Å²) in [4.78, 5) is 0.227.